The fourth-order valence-electron chi connectivity index (χ4n) is 2.71. The number of nitrogens with two attached hydrogens (primary N) is 1. The van der Waals surface area contributed by atoms with Gasteiger partial charge in [-0.05, 0) is 37.6 Å². The van der Waals surface area contributed by atoms with Crippen molar-refractivity contribution in [3.8, 4) is 0 Å². The molecular formula is C15H21N3O2. The van der Waals surface area contributed by atoms with Crippen molar-refractivity contribution in [2.45, 2.75) is 19.4 Å². The van der Waals surface area contributed by atoms with Crippen LogP contribution in [-0.4, -0.2) is 37.2 Å². The summed E-state index contributed by atoms with van der Waals surface area (Å²) in [7, 11) is 1.68. The van der Waals surface area contributed by atoms with E-state index in [2.05, 4.69) is 10.2 Å². The van der Waals surface area contributed by atoms with E-state index in [0.29, 0.717) is 17.8 Å². The molecule has 1 saturated heterocycles. The van der Waals surface area contributed by atoms with Crippen LogP contribution in [0.3, 0.4) is 0 Å². The fraction of sp³-hybridized carbons (Fsp3) is 0.467. The van der Waals surface area contributed by atoms with Gasteiger partial charge in [0.1, 0.15) is 0 Å². The first-order valence-electron chi connectivity index (χ1n) is 6.92. The van der Waals surface area contributed by atoms with Crippen molar-refractivity contribution < 1.29 is 9.59 Å². The number of nitrogens with one attached hydrogen (secondary N) is 1. The van der Waals surface area contributed by atoms with Crippen LogP contribution in [-0.2, 0) is 11.3 Å². The molecule has 0 radical (unpaired) electrons. The maximum Gasteiger partial charge on any atom is 0.222 e. The Hall–Kier alpha value is -1.88. The van der Waals surface area contributed by atoms with Crippen molar-refractivity contribution in [3.05, 3.63) is 29.3 Å². The molecule has 1 aliphatic heterocycles. The van der Waals surface area contributed by atoms with Crippen molar-refractivity contribution in [2.75, 3.05) is 25.9 Å². The Morgan fingerprint density at radius 1 is 1.45 bits per heavy atom. The molecule has 0 saturated carbocycles. The summed E-state index contributed by atoms with van der Waals surface area (Å²) in [4.78, 5) is 25.0. The number of piperidine rings is 1. The Labute approximate surface area is 119 Å². The summed E-state index contributed by atoms with van der Waals surface area (Å²) in [5.41, 5.74) is 7.88. The van der Waals surface area contributed by atoms with E-state index in [1.807, 2.05) is 12.1 Å². The third kappa shape index (κ3) is 3.17. The minimum absolute atomic E-state index is 0.114. The Morgan fingerprint density at radius 3 is 2.75 bits per heavy atom. The van der Waals surface area contributed by atoms with Crippen molar-refractivity contribution in [2.24, 2.45) is 5.92 Å². The van der Waals surface area contributed by atoms with E-state index >= 15 is 0 Å². The number of likely N-dealkylation sites (tertiary alicyclic amines) is 1. The number of aldehydes is 1. The zero-order valence-corrected chi connectivity index (χ0v) is 11.8. The van der Waals surface area contributed by atoms with Crippen LogP contribution in [0.25, 0.3) is 0 Å². The number of anilines is 1. The monoisotopic (exact) mass is 275 g/mol. The van der Waals surface area contributed by atoms with Gasteiger partial charge in [-0.2, -0.15) is 0 Å². The zero-order valence-electron chi connectivity index (χ0n) is 11.8. The largest absolute Gasteiger partial charge is 0.398 e. The fourth-order valence-corrected chi connectivity index (χ4v) is 2.71. The highest BCUT2D eigenvalue weighted by Gasteiger charge is 2.24. The minimum atomic E-state index is 0.114. The third-order valence-electron chi connectivity index (χ3n) is 3.95. The SMILES string of the molecule is CNC(=O)C1CCN(Cc2cccc(N)c2C=O)CC1. The van der Waals surface area contributed by atoms with Crippen LogP contribution in [0.15, 0.2) is 18.2 Å². The Kier molecular flexibility index (Phi) is 4.74. The van der Waals surface area contributed by atoms with Crippen molar-refractivity contribution in [3.63, 3.8) is 0 Å². The van der Waals surface area contributed by atoms with Gasteiger partial charge in [0.25, 0.3) is 0 Å². The molecule has 20 heavy (non-hydrogen) atoms. The topological polar surface area (TPSA) is 75.4 Å². The van der Waals surface area contributed by atoms with E-state index in [1.165, 1.54) is 0 Å². The molecule has 0 aromatic heterocycles. The van der Waals surface area contributed by atoms with Crippen LogP contribution in [0.1, 0.15) is 28.8 Å². The van der Waals surface area contributed by atoms with E-state index in [0.717, 1.165) is 37.8 Å². The number of nitrogen functional groups attached to an aromatic ring is 1. The van der Waals surface area contributed by atoms with Gasteiger partial charge in [-0.25, -0.2) is 0 Å². The minimum Gasteiger partial charge on any atom is -0.398 e. The zero-order chi connectivity index (χ0) is 14.5. The number of amides is 1. The number of rotatable bonds is 4. The number of hydrogen-bond donors (Lipinski definition) is 2. The maximum absolute atomic E-state index is 11.6. The maximum atomic E-state index is 11.6. The van der Waals surface area contributed by atoms with Gasteiger partial charge in [0.05, 0.1) is 0 Å². The van der Waals surface area contributed by atoms with E-state index < -0.39 is 0 Å². The van der Waals surface area contributed by atoms with Crippen LogP contribution in [0.5, 0.6) is 0 Å². The predicted molar refractivity (Wildman–Crippen MR) is 78.3 cm³/mol. The summed E-state index contributed by atoms with van der Waals surface area (Å²) in [6.45, 7) is 2.44. The van der Waals surface area contributed by atoms with Gasteiger partial charge >= 0.3 is 0 Å². The molecule has 2 rings (SSSR count). The van der Waals surface area contributed by atoms with Crippen LogP contribution in [0.2, 0.25) is 0 Å². The quantitative estimate of drug-likeness (QED) is 0.636. The molecule has 0 atom stereocenters. The lowest BCUT2D eigenvalue weighted by Crippen LogP contribution is -2.39. The average molecular weight is 275 g/mol. The van der Waals surface area contributed by atoms with Gasteiger partial charge in [0.15, 0.2) is 6.29 Å². The molecule has 108 valence electrons. The molecular weight excluding hydrogens is 254 g/mol. The molecule has 0 aliphatic carbocycles. The van der Waals surface area contributed by atoms with Gasteiger partial charge in [-0.15, -0.1) is 0 Å². The van der Waals surface area contributed by atoms with Gasteiger partial charge < -0.3 is 11.1 Å². The summed E-state index contributed by atoms with van der Waals surface area (Å²) in [5, 5.41) is 2.70. The molecule has 0 spiro atoms. The van der Waals surface area contributed by atoms with E-state index in [9.17, 15) is 9.59 Å². The highest BCUT2D eigenvalue weighted by molar-refractivity contribution is 5.85. The van der Waals surface area contributed by atoms with Crippen LogP contribution in [0.4, 0.5) is 5.69 Å². The van der Waals surface area contributed by atoms with Crippen LogP contribution < -0.4 is 11.1 Å². The van der Waals surface area contributed by atoms with Gasteiger partial charge in [0.2, 0.25) is 5.91 Å². The van der Waals surface area contributed by atoms with Gasteiger partial charge in [0, 0.05) is 30.8 Å². The van der Waals surface area contributed by atoms with Crippen molar-refractivity contribution in [1.29, 1.82) is 0 Å². The summed E-state index contributed by atoms with van der Waals surface area (Å²) in [6, 6.07) is 5.55. The Balaban J connectivity index is 1.98. The highest BCUT2D eigenvalue weighted by atomic mass is 16.1. The first kappa shape index (κ1) is 14.5. The lowest BCUT2D eigenvalue weighted by atomic mass is 9.95. The molecule has 1 aliphatic rings. The smallest absolute Gasteiger partial charge is 0.222 e. The van der Waals surface area contributed by atoms with E-state index in [1.54, 1.807) is 13.1 Å². The summed E-state index contributed by atoms with van der Waals surface area (Å²) >= 11 is 0. The molecule has 1 heterocycles. The summed E-state index contributed by atoms with van der Waals surface area (Å²) < 4.78 is 0. The number of hydrogen-bond acceptors (Lipinski definition) is 4. The van der Waals surface area contributed by atoms with E-state index in [4.69, 9.17) is 5.73 Å². The number of carbonyl (C=O) groups is 2. The first-order valence-corrected chi connectivity index (χ1v) is 6.92. The Bertz CT molecular complexity index is 494. The van der Waals surface area contributed by atoms with Gasteiger partial charge in [-0.3, -0.25) is 14.5 Å². The lowest BCUT2D eigenvalue weighted by Gasteiger charge is -2.31. The van der Waals surface area contributed by atoms with Crippen LogP contribution in [0, 0.1) is 5.92 Å². The molecule has 1 fully saturated rings. The molecule has 1 amide bonds. The van der Waals surface area contributed by atoms with Crippen molar-refractivity contribution in [1.82, 2.24) is 10.2 Å². The van der Waals surface area contributed by atoms with Crippen molar-refractivity contribution >= 4 is 17.9 Å². The molecule has 1 aromatic rings. The summed E-state index contributed by atoms with van der Waals surface area (Å²) in [6.07, 6.45) is 2.54. The van der Waals surface area contributed by atoms with Gasteiger partial charge in [-0.1, -0.05) is 12.1 Å². The Morgan fingerprint density at radius 2 is 2.15 bits per heavy atom. The summed E-state index contributed by atoms with van der Waals surface area (Å²) in [5.74, 6) is 0.241. The molecule has 0 unspecified atom stereocenters. The second-order valence-electron chi connectivity index (χ2n) is 5.20. The number of carbonyl (C=O) groups excluding carboxylic acids is 2. The number of nitrogens with zero attached hydrogens (tertiary/aromatic N) is 1. The second-order valence-corrected chi connectivity index (χ2v) is 5.20. The molecule has 5 nitrogen and oxygen atoms in total. The molecule has 3 N–H and O–H groups in total. The molecule has 5 heteroatoms. The standard InChI is InChI=1S/C15H21N3O2/c1-17-15(20)11-5-7-18(8-6-11)9-12-3-2-4-14(16)13(12)10-19/h2-4,10-11H,5-9,16H2,1H3,(H,17,20). The average Bonchev–Trinajstić information content (AvgIpc) is 2.47. The third-order valence-corrected chi connectivity index (χ3v) is 3.95. The molecule has 1 aromatic carbocycles. The second kappa shape index (κ2) is 6.52. The predicted octanol–water partition coefficient (Wildman–Crippen LogP) is 1.04. The first-order chi connectivity index (χ1) is 9.65. The lowest BCUT2D eigenvalue weighted by molar-refractivity contribution is -0.125. The normalized spacial score (nSPS) is 16.9. The number of benzene rings is 1. The molecule has 0 bridgehead atoms. The van der Waals surface area contributed by atoms with Crippen LogP contribution >= 0.6 is 0 Å². The van der Waals surface area contributed by atoms with E-state index in [-0.39, 0.29) is 11.8 Å². The highest BCUT2D eigenvalue weighted by Crippen LogP contribution is 2.21.